The lowest BCUT2D eigenvalue weighted by Crippen LogP contribution is -2.33. The van der Waals surface area contributed by atoms with Crippen molar-refractivity contribution in [2.24, 2.45) is 11.3 Å². The Balaban J connectivity index is 2.41. The van der Waals surface area contributed by atoms with Crippen LogP contribution in [0.4, 0.5) is 0 Å². The van der Waals surface area contributed by atoms with Crippen molar-refractivity contribution in [3.63, 3.8) is 0 Å². The van der Waals surface area contributed by atoms with Gasteiger partial charge in [-0.25, -0.2) is 0 Å². The molecule has 2 unspecified atom stereocenters. The van der Waals surface area contributed by atoms with Gasteiger partial charge >= 0.3 is 0 Å². The van der Waals surface area contributed by atoms with Crippen LogP contribution in [0.15, 0.2) is 30.3 Å². The SMILES string of the molecule is CC(CCCO)CC(C)(C)C(O)OCc1ccccc1. The molecule has 1 rings (SSSR count). The van der Waals surface area contributed by atoms with Gasteiger partial charge in [-0.3, -0.25) is 0 Å². The number of hydrogen-bond donors (Lipinski definition) is 2. The van der Waals surface area contributed by atoms with Crippen LogP contribution >= 0.6 is 0 Å². The number of rotatable bonds is 9. The van der Waals surface area contributed by atoms with E-state index in [-0.39, 0.29) is 12.0 Å². The van der Waals surface area contributed by atoms with Crippen LogP contribution in [0.2, 0.25) is 0 Å². The number of benzene rings is 1. The highest BCUT2D eigenvalue weighted by atomic mass is 16.6. The molecule has 0 aromatic heterocycles. The molecule has 3 nitrogen and oxygen atoms in total. The molecule has 0 aliphatic heterocycles. The van der Waals surface area contributed by atoms with Crippen molar-refractivity contribution in [3.05, 3.63) is 35.9 Å². The molecule has 2 N–H and O–H groups in total. The average Bonchev–Trinajstić information content (AvgIpc) is 2.43. The Labute approximate surface area is 122 Å². The van der Waals surface area contributed by atoms with Gasteiger partial charge in [-0.05, 0) is 30.7 Å². The van der Waals surface area contributed by atoms with Crippen molar-refractivity contribution >= 4 is 0 Å². The summed E-state index contributed by atoms with van der Waals surface area (Å²) in [5.41, 5.74) is 0.777. The summed E-state index contributed by atoms with van der Waals surface area (Å²) in [7, 11) is 0. The van der Waals surface area contributed by atoms with E-state index in [1.54, 1.807) is 0 Å². The van der Waals surface area contributed by atoms with Crippen molar-refractivity contribution in [2.75, 3.05) is 6.61 Å². The number of ether oxygens (including phenoxy) is 1. The minimum atomic E-state index is -0.778. The molecule has 0 radical (unpaired) electrons. The van der Waals surface area contributed by atoms with Crippen LogP contribution in [-0.4, -0.2) is 23.1 Å². The Hall–Kier alpha value is -0.900. The quantitative estimate of drug-likeness (QED) is 0.682. The fraction of sp³-hybridized carbons (Fsp3) is 0.647. The van der Waals surface area contributed by atoms with Crippen molar-refractivity contribution in [1.29, 1.82) is 0 Å². The second-order valence-electron chi connectivity index (χ2n) is 6.31. The molecular weight excluding hydrogens is 252 g/mol. The maximum atomic E-state index is 10.2. The van der Waals surface area contributed by atoms with Gasteiger partial charge in [-0.1, -0.05) is 51.1 Å². The molecule has 2 atom stereocenters. The number of hydrogen-bond acceptors (Lipinski definition) is 3. The molecule has 1 aromatic carbocycles. The van der Waals surface area contributed by atoms with Crippen LogP contribution in [0.1, 0.15) is 45.6 Å². The first-order valence-electron chi connectivity index (χ1n) is 7.40. The summed E-state index contributed by atoms with van der Waals surface area (Å²) in [5, 5.41) is 19.1. The highest BCUT2D eigenvalue weighted by molar-refractivity contribution is 5.13. The maximum absolute atomic E-state index is 10.2. The first-order chi connectivity index (χ1) is 9.45. The van der Waals surface area contributed by atoms with E-state index < -0.39 is 6.29 Å². The third-order valence-electron chi connectivity index (χ3n) is 3.65. The first kappa shape index (κ1) is 17.2. The normalized spacial score (nSPS) is 15.1. The number of aliphatic hydroxyl groups excluding tert-OH is 2. The maximum Gasteiger partial charge on any atom is 0.160 e. The van der Waals surface area contributed by atoms with Crippen molar-refractivity contribution < 1.29 is 14.9 Å². The van der Waals surface area contributed by atoms with E-state index in [1.165, 1.54) is 0 Å². The average molecular weight is 280 g/mol. The van der Waals surface area contributed by atoms with Gasteiger partial charge in [0.1, 0.15) is 0 Å². The van der Waals surface area contributed by atoms with Crippen molar-refractivity contribution in [3.8, 4) is 0 Å². The lowest BCUT2D eigenvalue weighted by atomic mass is 9.81. The Bertz CT molecular complexity index is 362. The van der Waals surface area contributed by atoms with E-state index in [1.807, 2.05) is 44.2 Å². The molecular formula is C17H28O3. The van der Waals surface area contributed by atoms with E-state index in [9.17, 15) is 5.11 Å². The topological polar surface area (TPSA) is 49.7 Å². The summed E-state index contributed by atoms with van der Waals surface area (Å²) >= 11 is 0. The molecule has 3 heteroatoms. The molecule has 1 aromatic rings. The van der Waals surface area contributed by atoms with Crippen LogP contribution in [0.3, 0.4) is 0 Å². The van der Waals surface area contributed by atoms with Gasteiger partial charge in [-0.2, -0.15) is 0 Å². The fourth-order valence-corrected chi connectivity index (χ4v) is 2.52. The van der Waals surface area contributed by atoms with Crippen molar-refractivity contribution in [2.45, 2.75) is 52.9 Å². The second kappa shape index (κ2) is 8.40. The molecule has 0 heterocycles. The monoisotopic (exact) mass is 280 g/mol. The van der Waals surface area contributed by atoms with Gasteiger partial charge in [0.2, 0.25) is 0 Å². The highest BCUT2D eigenvalue weighted by Gasteiger charge is 2.30. The zero-order valence-corrected chi connectivity index (χ0v) is 12.9. The predicted octanol–water partition coefficient (Wildman–Crippen LogP) is 3.35. The summed E-state index contributed by atoms with van der Waals surface area (Å²) in [6, 6.07) is 9.88. The smallest absolute Gasteiger partial charge is 0.160 e. The molecule has 0 aliphatic rings. The third kappa shape index (κ3) is 6.04. The van der Waals surface area contributed by atoms with Gasteiger partial charge in [0.05, 0.1) is 6.61 Å². The molecule has 0 amide bonds. The minimum Gasteiger partial charge on any atom is -0.396 e. The first-order valence-corrected chi connectivity index (χ1v) is 7.40. The minimum absolute atomic E-state index is 0.234. The summed E-state index contributed by atoms with van der Waals surface area (Å²) in [4.78, 5) is 0. The van der Waals surface area contributed by atoms with Gasteiger partial charge in [-0.15, -0.1) is 0 Å². The third-order valence-corrected chi connectivity index (χ3v) is 3.65. The summed E-state index contributed by atoms with van der Waals surface area (Å²) in [5.74, 6) is 0.465. The molecule has 0 saturated carbocycles. The molecule has 0 fully saturated rings. The molecule has 0 aliphatic carbocycles. The van der Waals surface area contributed by atoms with E-state index in [0.717, 1.165) is 24.8 Å². The largest absolute Gasteiger partial charge is 0.396 e. The van der Waals surface area contributed by atoms with Crippen LogP contribution in [-0.2, 0) is 11.3 Å². The molecule has 0 spiro atoms. The number of aliphatic hydroxyl groups is 2. The van der Waals surface area contributed by atoms with Crippen LogP contribution in [0.5, 0.6) is 0 Å². The zero-order chi connectivity index (χ0) is 15.0. The fourth-order valence-electron chi connectivity index (χ4n) is 2.52. The Morgan fingerprint density at radius 3 is 2.45 bits per heavy atom. The predicted molar refractivity (Wildman–Crippen MR) is 81.1 cm³/mol. The highest BCUT2D eigenvalue weighted by Crippen LogP contribution is 2.32. The summed E-state index contributed by atoms with van der Waals surface area (Å²) in [6.07, 6.45) is 1.89. The van der Waals surface area contributed by atoms with Gasteiger partial charge in [0.15, 0.2) is 6.29 Å². The van der Waals surface area contributed by atoms with Crippen LogP contribution in [0.25, 0.3) is 0 Å². The van der Waals surface area contributed by atoms with E-state index in [4.69, 9.17) is 9.84 Å². The Morgan fingerprint density at radius 1 is 1.20 bits per heavy atom. The Morgan fingerprint density at radius 2 is 1.85 bits per heavy atom. The summed E-state index contributed by atoms with van der Waals surface area (Å²) < 4.78 is 5.60. The Kier molecular flexibility index (Phi) is 7.20. The van der Waals surface area contributed by atoms with Crippen LogP contribution < -0.4 is 0 Å². The lowest BCUT2D eigenvalue weighted by molar-refractivity contribution is -0.177. The van der Waals surface area contributed by atoms with Gasteiger partial charge in [0, 0.05) is 12.0 Å². The molecule has 0 saturated heterocycles. The van der Waals surface area contributed by atoms with Crippen molar-refractivity contribution in [1.82, 2.24) is 0 Å². The van der Waals surface area contributed by atoms with Gasteiger partial charge in [0.25, 0.3) is 0 Å². The summed E-state index contributed by atoms with van der Waals surface area (Å²) in [6.45, 7) is 6.87. The zero-order valence-electron chi connectivity index (χ0n) is 12.9. The molecule has 114 valence electrons. The molecule has 20 heavy (non-hydrogen) atoms. The molecule has 0 bridgehead atoms. The lowest BCUT2D eigenvalue weighted by Gasteiger charge is -2.32. The standard InChI is InChI=1S/C17H28O3/c1-14(8-7-11-18)12-17(2,3)16(19)20-13-15-9-5-4-6-10-15/h4-6,9-10,14,16,18-19H,7-8,11-13H2,1-3H3. The van der Waals surface area contributed by atoms with Crippen LogP contribution in [0, 0.1) is 11.3 Å². The van der Waals surface area contributed by atoms with E-state index in [0.29, 0.717) is 12.5 Å². The van der Waals surface area contributed by atoms with E-state index >= 15 is 0 Å². The second-order valence-corrected chi connectivity index (χ2v) is 6.31. The van der Waals surface area contributed by atoms with Gasteiger partial charge < -0.3 is 14.9 Å². The van der Waals surface area contributed by atoms with E-state index in [2.05, 4.69) is 6.92 Å².